The van der Waals surface area contributed by atoms with Crippen LogP contribution in [0.15, 0.2) is 42.7 Å². The molecule has 2 amide bonds. The fourth-order valence-electron chi connectivity index (χ4n) is 2.60. The minimum Gasteiger partial charge on any atom is -0.495 e. The number of likely N-dealkylation sites (N-methyl/N-ethyl adjacent to an activating group) is 1. The number of rotatable bonds is 7. The molecule has 6 heteroatoms. The molecule has 0 bridgehead atoms. The molecule has 138 valence electrons. The third-order valence-electron chi connectivity index (χ3n) is 4.21. The Morgan fingerprint density at radius 3 is 2.46 bits per heavy atom. The van der Waals surface area contributed by atoms with Gasteiger partial charge in [0.05, 0.1) is 12.8 Å². The van der Waals surface area contributed by atoms with Crippen molar-refractivity contribution >= 4 is 17.5 Å². The van der Waals surface area contributed by atoms with Crippen LogP contribution in [0.5, 0.6) is 5.75 Å². The Bertz CT molecular complexity index is 762. The summed E-state index contributed by atoms with van der Waals surface area (Å²) in [5, 5.41) is 0. The molecule has 2 rings (SSSR count). The van der Waals surface area contributed by atoms with Crippen LogP contribution in [0.4, 0.5) is 5.69 Å². The maximum atomic E-state index is 12.6. The average Bonchev–Trinajstić information content (AvgIpc) is 2.64. The van der Waals surface area contributed by atoms with E-state index in [0.717, 1.165) is 17.5 Å². The van der Waals surface area contributed by atoms with Crippen LogP contribution in [0.3, 0.4) is 0 Å². The lowest BCUT2D eigenvalue weighted by Gasteiger charge is -2.26. The summed E-state index contributed by atoms with van der Waals surface area (Å²) >= 11 is 0. The lowest BCUT2D eigenvalue weighted by Crippen LogP contribution is -2.41. The van der Waals surface area contributed by atoms with E-state index in [9.17, 15) is 9.59 Å². The van der Waals surface area contributed by atoms with Crippen molar-refractivity contribution in [2.75, 3.05) is 32.1 Å². The molecular weight excluding hydrogens is 330 g/mol. The zero-order chi connectivity index (χ0) is 19.1. The number of hydrogen-bond donors (Lipinski definition) is 0. The normalized spacial score (nSPS) is 10.3. The highest BCUT2D eigenvalue weighted by molar-refractivity contribution is 5.98. The summed E-state index contributed by atoms with van der Waals surface area (Å²) in [7, 11) is 3.30. The van der Waals surface area contributed by atoms with Crippen molar-refractivity contribution in [1.29, 1.82) is 0 Å². The number of carbonyl (C=O) groups is 2. The molecule has 0 aliphatic heterocycles. The molecule has 1 aromatic heterocycles. The van der Waals surface area contributed by atoms with E-state index in [-0.39, 0.29) is 18.4 Å². The monoisotopic (exact) mass is 355 g/mol. The van der Waals surface area contributed by atoms with Gasteiger partial charge < -0.3 is 9.64 Å². The molecule has 2 aromatic rings. The van der Waals surface area contributed by atoms with Gasteiger partial charge in [-0.05, 0) is 48.7 Å². The van der Waals surface area contributed by atoms with Gasteiger partial charge in [-0.1, -0.05) is 6.07 Å². The molecule has 0 fully saturated rings. The SMILES string of the molecule is COc1ccc(C)cc1N(CC(=O)N(C)CCc1ccncc1)C(C)=O. The third-order valence-corrected chi connectivity index (χ3v) is 4.21. The van der Waals surface area contributed by atoms with Crippen molar-refractivity contribution in [3.8, 4) is 5.75 Å². The number of pyridine rings is 1. The highest BCUT2D eigenvalue weighted by Gasteiger charge is 2.21. The van der Waals surface area contributed by atoms with Crippen LogP contribution < -0.4 is 9.64 Å². The maximum Gasteiger partial charge on any atom is 0.242 e. The first-order valence-electron chi connectivity index (χ1n) is 8.48. The number of ether oxygens (including phenoxy) is 1. The van der Waals surface area contributed by atoms with Gasteiger partial charge in [-0.25, -0.2) is 0 Å². The molecule has 0 aliphatic rings. The second-order valence-electron chi connectivity index (χ2n) is 6.20. The first-order valence-corrected chi connectivity index (χ1v) is 8.48. The van der Waals surface area contributed by atoms with Crippen LogP contribution in [0.1, 0.15) is 18.1 Å². The van der Waals surface area contributed by atoms with Crippen LogP contribution in [0, 0.1) is 6.92 Å². The Morgan fingerprint density at radius 1 is 1.15 bits per heavy atom. The maximum absolute atomic E-state index is 12.6. The predicted molar refractivity (Wildman–Crippen MR) is 101 cm³/mol. The molecule has 0 N–H and O–H groups in total. The van der Waals surface area contributed by atoms with Crippen LogP contribution >= 0.6 is 0 Å². The van der Waals surface area contributed by atoms with E-state index in [0.29, 0.717) is 18.0 Å². The van der Waals surface area contributed by atoms with Gasteiger partial charge in [-0.3, -0.25) is 19.5 Å². The van der Waals surface area contributed by atoms with Crippen LogP contribution in [0.2, 0.25) is 0 Å². The van der Waals surface area contributed by atoms with E-state index in [1.165, 1.54) is 11.8 Å². The molecule has 0 atom stereocenters. The summed E-state index contributed by atoms with van der Waals surface area (Å²) in [6, 6.07) is 9.42. The first-order chi connectivity index (χ1) is 12.4. The van der Waals surface area contributed by atoms with Crippen molar-refractivity contribution in [3.63, 3.8) is 0 Å². The van der Waals surface area contributed by atoms with Gasteiger partial charge in [-0.15, -0.1) is 0 Å². The van der Waals surface area contributed by atoms with Crippen molar-refractivity contribution in [1.82, 2.24) is 9.88 Å². The van der Waals surface area contributed by atoms with Crippen molar-refractivity contribution in [2.24, 2.45) is 0 Å². The highest BCUT2D eigenvalue weighted by atomic mass is 16.5. The van der Waals surface area contributed by atoms with Gasteiger partial charge in [0.25, 0.3) is 0 Å². The Hall–Kier alpha value is -2.89. The van der Waals surface area contributed by atoms with Crippen molar-refractivity contribution in [2.45, 2.75) is 20.3 Å². The summed E-state index contributed by atoms with van der Waals surface area (Å²) < 4.78 is 5.35. The lowest BCUT2D eigenvalue weighted by atomic mass is 10.1. The van der Waals surface area contributed by atoms with Gasteiger partial charge in [0, 0.05) is 32.9 Å². The summed E-state index contributed by atoms with van der Waals surface area (Å²) in [4.78, 5) is 31.8. The molecule has 26 heavy (non-hydrogen) atoms. The fourth-order valence-corrected chi connectivity index (χ4v) is 2.60. The third kappa shape index (κ3) is 5.05. The van der Waals surface area contributed by atoms with Gasteiger partial charge in [0.2, 0.25) is 11.8 Å². The average molecular weight is 355 g/mol. The number of anilines is 1. The van der Waals surface area contributed by atoms with Gasteiger partial charge in [0.1, 0.15) is 12.3 Å². The van der Waals surface area contributed by atoms with Crippen LogP contribution in [-0.4, -0.2) is 48.9 Å². The number of aromatic nitrogens is 1. The number of carbonyl (C=O) groups excluding carboxylic acids is 2. The molecule has 6 nitrogen and oxygen atoms in total. The van der Waals surface area contributed by atoms with Crippen molar-refractivity contribution in [3.05, 3.63) is 53.9 Å². The van der Waals surface area contributed by atoms with E-state index < -0.39 is 0 Å². The van der Waals surface area contributed by atoms with E-state index in [4.69, 9.17) is 4.74 Å². The Balaban J connectivity index is 2.08. The largest absolute Gasteiger partial charge is 0.495 e. The zero-order valence-electron chi connectivity index (χ0n) is 15.7. The lowest BCUT2D eigenvalue weighted by molar-refractivity contribution is -0.130. The molecule has 0 unspecified atom stereocenters. The quantitative estimate of drug-likeness (QED) is 0.765. The molecule has 0 spiro atoms. The molecular formula is C20H25N3O3. The van der Waals surface area contributed by atoms with E-state index in [1.807, 2.05) is 31.2 Å². The fraction of sp³-hybridized carbons (Fsp3) is 0.350. The standard InChI is InChI=1S/C20H25N3O3/c1-15-5-6-19(26-4)18(13-15)23(16(2)24)14-20(25)22(3)12-9-17-7-10-21-11-8-17/h5-8,10-11,13H,9,12,14H2,1-4H3. The van der Waals surface area contributed by atoms with Gasteiger partial charge in [0.15, 0.2) is 0 Å². The number of aryl methyl sites for hydroxylation is 1. The van der Waals surface area contributed by atoms with Gasteiger partial charge >= 0.3 is 0 Å². The Morgan fingerprint density at radius 2 is 1.85 bits per heavy atom. The zero-order valence-corrected chi connectivity index (χ0v) is 15.7. The molecule has 1 heterocycles. The highest BCUT2D eigenvalue weighted by Crippen LogP contribution is 2.29. The van der Waals surface area contributed by atoms with Gasteiger partial charge in [-0.2, -0.15) is 0 Å². The topological polar surface area (TPSA) is 62.7 Å². The minimum absolute atomic E-state index is 0.0258. The molecule has 0 saturated carbocycles. The van der Waals surface area contributed by atoms with E-state index >= 15 is 0 Å². The minimum atomic E-state index is -0.204. The number of hydrogen-bond acceptors (Lipinski definition) is 4. The molecule has 0 radical (unpaired) electrons. The Kier molecular flexibility index (Phi) is 6.72. The second-order valence-corrected chi connectivity index (χ2v) is 6.20. The smallest absolute Gasteiger partial charge is 0.242 e. The predicted octanol–water partition coefficient (Wildman–Crippen LogP) is 2.45. The number of benzene rings is 1. The molecule has 0 saturated heterocycles. The van der Waals surface area contributed by atoms with E-state index in [2.05, 4.69) is 4.98 Å². The number of methoxy groups -OCH3 is 1. The van der Waals surface area contributed by atoms with Crippen LogP contribution in [0.25, 0.3) is 0 Å². The molecule has 0 aliphatic carbocycles. The van der Waals surface area contributed by atoms with E-state index in [1.54, 1.807) is 37.5 Å². The van der Waals surface area contributed by atoms with Crippen LogP contribution in [-0.2, 0) is 16.0 Å². The number of nitrogens with zero attached hydrogens (tertiary/aromatic N) is 3. The summed E-state index contributed by atoms with van der Waals surface area (Å²) in [5.41, 5.74) is 2.71. The molecule has 1 aromatic carbocycles. The first kappa shape index (κ1) is 19.4. The number of amides is 2. The summed E-state index contributed by atoms with van der Waals surface area (Å²) in [5.74, 6) is 0.237. The van der Waals surface area contributed by atoms with Crippen molar-refractivity contribution < 1.29 is 14.3 Å². The Labute approximate surface area is 154 Å². The summed E-state index contributed by atoms with van der Waals surface area (Å²) in [6.45, 7) is 3.93. The second kappa shape index (κ2) is 8.99. The summed E-state index contributed by atoms with van der Waals surface area (Å²) in [6.07, 6.45) is 4.20.